The molecule has 160 valence electrons. The average Bonchev–Trinajstić information content (AvgIpc) is 2.79. The smallest absolute Gasteiger partial charge is 0.285 e. The van der Waals surface area contributed by atoms with Gasteiger partial charge in [0.2, 0.25) is 0 Å². The second kappa shape index (κ2) is 9.67. The number of non-ortho nitro benzene ring substituents is 2. The van der Waals surface area contributed by atoms with Crippen LogP contribution in [0, 0.1) is 20.2 Å². The van der Waals surface area contributed by atoms with Crippen LogP contribution in [0.3, 0.4) is 0 Å². The molecule has 9 heteroatoms. The Hall–Kier alpha value is -4.30. The van der Waals surface area contributed by atoms with E-state index in [9.17, 15) is 20.2 Å². The van der Waals surface area contributed by atoms with Gasteiger partial charge in [-0.05, 0) is 41.1 Å². The van der Waals surface area contributed by atoms with E-state index < -0.39 is 9.85 Å². The summed E-state index contributed by atoms with van der Waals surface area (Å²) in [4.78, 5) is 24.3. The highest BCUT2D eigenvalue weighted by Crippen LogP contribution is 2.21. The van der Waals surface area contributed by atoms with Gasteiger partial charge in [0.05, 0.1) is 15.4 Å². The van der Waals surface area contributed by atoms with Gasteiger partial charge in [-0.3, -0.25) is 20.2 Å². The second-order valence-electron chi connectivity index (χ2n) is 6.76. The van der Waals surface area contributed by atoms with Crippen LogP contribution in [0.25, 0.3) is 10.8 Å². The van der Waals surface area contributed by atoms with Crippen LogP contribution >= 0.6 is 0 Å². The van der Waals surface area contributed by atoms with E-state index in [1.807, 2.05) is 42.5 Å². The van der Waals surface area contributed by atoms with Crippen molar-refractivity contribution < 1.29 is 27.2 Å². The lowest BCUT2D eigenvalue weighted by Gasteiger charge is -2.07. The predicted molar refractivity (Wildman–Crippen MR) is 118 cm³/mol. The van der Waals surface area contributed by atoms with Crippen LogP contribution in [0.5, 0.6) is 0 Å². The summed E-state index contributed by atoms with van der Waals surface area (Å²) < 4.78 is 0. The van der Waals surface area contributed by atoms with Crippen LogP contribution < -0.4 is 22.7 Å². The summed E-state index contributed by atoms with van der Waals surface area (Å²) in [7, 11) is 0. The molecule has 0 fully saturated rings. The Morgan fingerprint density at radius 3 is 1.91 bits per heavy atom. The highest BCUT2D eigenvalue weighted by atomic mass is 35.5. The first-order chi connectivity index (χ1) is 15.0. The van der Waals surface area contributed by atoms with Gasteiger partial charge >= 0.3 is 0 Å². The maximum atomic E-state index is 10.9. The first kappa shape index (κ1) is 22.4. The van der Waals surface area contributed by atoms with Crippen LogP contribution in [0.2, 0.25) is 0 Å². The van der Waals surface area contributed by atoms with Gasteiger partial charge in [-0.1, -0.05) is 36.4 Å². The van der Waals surface area contributed by atoms with E-state index in [4.69, 9.17) is 0 Å². The fraction of sp³-hybridized carbons (Fsp3) is 0. The number of halogens is 1. The molecule has 0 bridgehead atoms. The van der Waals surface area contributed by atoms with Gasteiger partial charge in [0, 0.05) is 24.3 Å². The molecule has 0 aliphatic heterocycles. The van der Waals surface area contributed by atoms with E-state index in [2.05, 4.69) is 10.3 Å². The quantitative estimate of drug-likeness (QED) is 0.204. The Morgan fingerprint density at radius 1 is 0.719 bits per heavy atom. The summed E-state index contributed by atoms with van der Waals surface area (Å²) in [6.07, 6.45) is 0. The maximum absolute atomic E-state index is 10.9. The monoisotopic (exact) mass is 448 g/mol. The first-order valence-corrected chi connectivity index (χ1v) is 9.39. The van der Waals surface area contributed by atoms with Crippen LogP contribution in [0.1, 0.15) is 5.56 Å². The number of anilines is 1. The summed E-state index contributed by atoms with van der Waals surface area (Å²) in [6, 6.07) is 26.0. The summed E-state index contributed by atoms with van der Waals surface area (Å²) in [5, 5.41) is 27.2. The summed E-state index contributed by atoms with van der Waals surface area (Å²) in [5.41, 5.74) is 2.20. The molecule has 0 aliphatic rings. The molecule has 0 radical (unpaired) electrons. The van der Waals surface area contributed by atoms with E-state index >= 15 is 0 Å². The normalized spacial score (nSPS) is 10.9. The van der Waals surface area contributed by atoms with Crippen molar-refractivity contribution in [2.75, 3.05) is 5.32 Å². The van der Waals surface area contributed by atoms with E-state index in [0.29, 0.717) is 17.2 Å². The fourth-order valence-electron chi connectivity index (χ4n) is 3.23. The second-order valence-corrected chi connectivity index (χ2v) is 6.76. The van der Waals surface area contributed by atoms with Crippen molar-refractivity contribution in [3.63, 3.8) is 0 Å². The van der Waals surface area contributed by atoms with E-state index in [1.54, 1.807) is 24.3 Å². The number of amidine groups is 1. The Balaban J connectivity index is 0.00000289. The first-order valence-electron chi connectivity index (χ1n) is 9.39. The van der Waals surface area contributed by atoms with Gasteiger partial charge in [-0.25, -0.2) is 10.3 Å². The molecule has 0 aromatic heterocycles. The fourth-order valence-corrected chi connectivity index (χ4v) is 3.23. The zero-order valence-corrected chi connectivity index (χ0v) is 17.3. The highest BCUT2D eigenvalue weighted by Gasteiger charge is 2.17. The van der Waals surface area contributed by atoms with E-state index in [1.165, 1.54) is 24.3 Å². The third kappa shape index (κ3) is 4.88. The average molecular weight is 449 g/mol. The lowest BCUT2D eigenvalue weighted by Crippen LogP contribution is -3.00. The van der Waals surface area contributed by atoms with Crippen LogP contribution in [0.15, 0.2) is 91.0 Å². The molecule has 0 spiro atoms. The molecule has 32 heavy (non-hydrogen) atoms. The van der Waals surface area contributed by atoms with Crippen molar-refractivity contribution in [1.29, 1.82) is 0 Å². The minimum Gasteiger partial charge on any atom is -1.00 e. The molecule has 0 unspecified atom stereocenters. The minimum absolute atomic E-state index is 0. The Kier molecular flexibility index (Phi) is 6.77. The molecule has 2 N–H and O–H groups in total. The lowest BCUT2D eigenvalue weighted by atomic mass is 10.0. The molecule has 0 atom stereocenters. The summed E-state index contributed by atoms with van der Waals surface area (Å²) in [6.45, 7) is 0. The van der Waals surface area contributed by atoms with Crippen molar-refractivity contribution in [2.24, 2.45) is 0 Å². The van der Waals surface area contributed by atoms with Crippen molar-refractivity contribution >= 4 is 39.4 Å². The largest absolute Gasteiger partial charge is 1.00 e. The number of fused-ring (bicyclic) bond motifs is 1. The molecular formula is C23H17ClN4O4. The topological polar surface area (TPSA) is 112 Å². The van der Waals surface area contributed by atoms with Crippen molar-refractivity contribution in [3.8, 4) is 0 Å². The summed E-state index contributed by atoms with van der Waals surface area (Å²) >= 11 is 0. The highest BCUT2D eigenvalue weighted by molar-refractivity contribution is 6.13. The third-order valence-corrected chi connectivity index (χ3v) is 4.75. The molecule has 0 amide bonds. The summed E-state index contributed by atoms with van der Waals surface area (Å²) in [5.74, 6) is 0.638. The van der Waals surface area contributed by atoms with Crippen LogP contribution in [-0.2, 0) is 0 Å². The molecule has 4 aromatic rings. The third-order valence-electron chi connectivity index (χ3n) is 4.75. The van der Waals surface area contributed by atoms with Gasteiger partial charge < -0.3 is 12.4 Å². The molecule has 0 heterocycles. The maximum Gasteiger partial charge on any atom is 0.285 e. The number of hydrogen-bond acceptors (Lipinski definition) is 4. The minimum atomic E-state index is -0.450. The lowest BCUT2D eigenvalue weighted by molar-refractivity contribution is -0.385. The predicted octanol–water partition coefficient (Wildman–Crippen LogP) is 0.931. The number of nitro benzene ring substituents is 2. The van der Waals surface area contributed by atoms with Crippen molar-refractivity contribution in [3.05, 3.63) is 117 Å². The number of nitrogens with one attached hydrogen (secondary N) is 2. The van der Waals surface area contributed by atoms with E-state index in [-0.39, 0.29) is 23.8 Å². The van der Waals surface area contributed by atoms with Gasteiger partial charge in [0.25, 0.3) is 17.2 Å². The molecule has 4 aromatic carbocycles. The molecule has 0 saturated carbocycles. The molecule has 8 nitrogen and oxygen atoms in total. The van der Waals surface area contributed by atoms with Gasteiger partial charge in [-0.15, -0.1) is 0 Å². The Bertz CT molecular complexity index is 1300. The SMILES string of the molecule is O=[N+]([O-])c1ccc(NC(=[NH+]c2ccc([N+](=O)[O-])cc2)c2cccc3ccccc23)cc1.[Cl-]. The molecule has 0 saturated heterocycles. The Morgan fingerprint density at radius 2 is 1.28 bits per heavy atom. The zero-order chi connectivity index (χ0) is 21.8. The number of rotatable bonds is 5. The van der Waals surface area contributed by atoms with Crippen molar-refractivity contribution in [2.45, 2.75) is 0 Å². The van der Waals surface area contributed by atoms with Crippen LogP contribution in [-0.4, -0.2) is 15.7 Å². The molecule has 4 rings (SSSR count). The van der Waals surface area contributed by atoms with Gasteiger partial charge in [0.1, 0.15) is 11.4 Å². The van der Waals surface area contributed by atoms with Gasteiger partial charge in [-0.2, -0.15) is 0 Å². The van der Waals surface area contributed by atoms with Crippen molar-refractivity contribution in [1.82, 2.24) is 0 Å². The number of hydrogen-bond donors (Lipinski definition) is 2. The molecule has 0 aliphatic carbocycles. The van der Waals surface area contributed by atoms with Gasteiger partial charge in [0.15, 0.2) is 0 Å². The number of nitro groups is 2. The van der Waals surface area contributed by atoms with Crippen LogP contribution in [0.4, 0.5) is 22.7 Å². The number of benzene rings is 4. The number of nitrogens with zero attached hydrogens (tertiary/aromatic N) is 2. The standard InChI is InChI=1S/C23H16N4O4.ClH/c28-26(29)19-12-8-17(9-13-19)24-23(25-18-10-14-20(15-11-18)27(30)31)22-7-3-5-16-4-1-2-6-21(16)22;/h1-15H,(H,24,25);1H. The molecular weight excluding hydrogens is 432 g/mol. The zero-order valence-electron chi connectivity index (χ0n) is 16.6. The van der Waals surface area contributed by atoms with E-state index in [0.717, 1.165) is 16.3 Å². The Labute approximate surface area is 188 Å².